The van der Waals surface area contributed by atoms with E-state index < -0.39 is 33.4 Å². The maximum Gasteiger partial charge on any atom is 0.251 e. The first-order chi connectivity index (χ1) is 22.0. The number of rotatable bonds is 13. The molecule has 2 aromatic carbocycles. The molecule has 7 nitrogen and oxygen atoms in total. The number of aliphatic hydroxyl groups is 1. The Kier molecular flexibility index (Phi) is 9.90. The summed E-state index contributed by atoms with van der Waals surface area (Å²) in [6.07, 6.45) is 5.56. The number of carbonyl (C=O) groups is 3. The highest BCUT2D eigenvalue weighted by Crippen LogP contribution is 2.72. The largest absolute Gasteiger partial charge is 0.394 e. The second-order valence-corrected chi connectivity index (χ2v) is 15.5. The van der Waals surface area contributed by atoms with Crippen LogP contribution in [0, 0.1) is 31.6 Å². The molecule has 0 aliphatic carbocycles. The van der Waals surface area contributed by atoms with Gasteiger partial charge >= 0.3 is 0 Å². The minimum Gasteiger partial charge on any atom is -0.394 e. The number of anilines is 1. The summed E-state index contributed by atoms with van der Waals surface area (Å²) in [5.74, 6) is -1.77. The Hall–Kier alpha value is -3.36. The highest BCUT2D eigenvalue weighted by atomic mass is 32.2. The first-order valence-corrected chi connectivity index (χ1v) is 17.4. The van der Waals surface area contributed by atoms with E-state index >= 15 is 4.79 Å². The third-order valence-corrected chi connectivity index (χ3v) is 12.7. The molecule has 0 radical (unpaired) electrons. The third-order valence-electron chi connectivity index (χ3n) is 10.7. The lowest BCUT2D eigenvalue weighted by molar-refractivity contribution is -0.147. The lowest BCUT2D eigenvalue weighted by Gasteiger charge is -2.41. The van der Waals surface area contributed by atoms with Gasteiger partial charge in [0.25, 0.3) is 5.91 Å². The second kappa shape index (κ2) is 13.4. The molecule has 3 saturated heterocycles. The molecule has 3 fully saturated rings. The van der Waals surface area contributed by atoms with Crippen molar-refractivity contribution in [2.45, 2.75) is 82.0 Å². The molecule has 3 heterocycles. The molecular weight excluding hydrogens is 595 g/mol. The molecule has 2 bridgehead atoms. The Bertz CT molecular complexity index is 1500. The predicted octanol–water partition coefficient (Wildman–Crippen LogP) is 5.93. The van der Waals surface area contributed by atoms with Crippen LogP contribution in [-0.4, -0.2) is 73.9 Å². The van der Waals surface area contributed by atoms with Gasteiger partial charge in [0.1, 0.15) is 6.04 Å². The minimum atomic E-state index is -0.831. The summed E-state index contributed by atoms with van der Waals surface area (Å²) < 4.78 is -1.31. The molecule has 7 atom stereocenters. The smallest absolute Gasteiger partial charge is 0.251 e. The van der Waals surface area contributed by atoms with Crippen LogP contribution < -0.4 is 4.90 Å². The number of fused-ring (bicyclic) bond motifs is 1. The highest BCUT2D eigenvalue weighted by Gasteiger charge is 2.78. The zero-order chi connectivity index (χ0) is 33.4. The molecule has 1 N–H and O–H groups in total. The van der Waals surface area contributed by atoms with E-state index in [1.165, 1.54) is 0 Å². The molecule has 3 aliphatic rings. The van der Waals surface area contributed by atoms with Crippen molar-refractivity contribution in [3.8, 4) is 0 Å². The Balaban J connectivity index is 1.63. The van der Waals surface area contributed by atoms with E-state index in [1.807, 2.05) is 76.2 Å². The molecule has 8 heteroatoms. The standard InChI is InChI=1S/C38H49N3O4S/c1-8-20-39(23-28-14-12-11-13-15-28)34(43)31-32-35(44)41(30(24-42)26(5)10-3)33(38(32)19-18-37(31,7)46-38)36(45)40(21-9-2)29-22-25(4)16-17-27(29)6/h8-9,11-17,22,26,30-33,42H,1-2,10,18-21,23-24H2,3-7H3/t26-,30-,31+,32-,33?,37-,38?/m0/s1. The summed E-state index contributed by atoms with van der Waals surface area (Å²) >= 11 is 1.67. The summed E-state index contributed by atoms with van der Waals surface area (Å²) in [5, 5.41) is 10.8. The number of aliphatic hydroxyl groups excluding tert-OH is 1. The maximum absolute atomic E-state index is 15.2. The summed E-state index contributed by atoms with van der Waals surface area (Å²) in [4.78, 5) is 50.1. The molecule has 0 saturated carbocycles. The SMILES string of the molecule is C=CCN(Cc1ccccc1)C(=O)[C@H]1[C@H]2C(=O)N([C@@H](CO)[C@@H](C)CC)C(C(=O)N(CC=C)c3cc(C)ccc3C)C23CC[C@]1(C)S3. The molecular formula is C38H49N3O4S. The van der Waals surface area contributed by atoms with Crippen molar-refractivity contribution in [3.05, 3.63) is 90.5 Å². The number of benzene rings is 2. The first-order valence-electron chi connectivity index (χ1n) is 16.5. The number of aryl methyl sites for hydroxylation is 2. The average molecular weight is 644 g/mol. The van der Waals surface area contributed by atoms with Crippen LogP contribution in [0.4, 0.5) is 5.69 Å². The van der Waals surface area contributed by atoms with Gasteiger partial charge in [0, 0.05) is 30.1 Å². The van der Waals surface area contributed by atoms with E-state index in [2.05, 4.69) is 20.1 Å². The fourth-order valence-corrected chi connectivity index (χ4v) is 10.5. The van der Waals surface area contributed by atoms with E-state index in [9.17, 15) is 14.7 Å². The zero-order valence-corrected chi connectivity index (χ0v) is 28.8. The highest BCUT2D eigenvalue weighted by molar-refractivity contribution is 8.02. The predicted molar refractivity (Wildman–Crippen MR) is 186 cm³/mol. The van der Waals surface area contributed by atoms with E-state index in [4.69, 9.17) is 0 Å². The fraction of sp³-hybridized carbons (Fsp3) is 0.500. The van der Waals surface area contributed by atoms with Gasteiger partial charge in [-0.3, -0.25) is 14.4 Å². The van der Waals surface area contributed by atoms with Crippen molar-refractivity contribution in [1.82, 2.24) is 9.80 Å². The number of carbonyl (C=O) groups excluding carboxylic acids is 3. The van der Waals surface area contributed by atoms with Crippen LogP contribution in [0.3, 0.4) is 0 Å². The van der Waals surface area contributed by atoms with E-state index in [0.29, 0.717) is 19.5 Å². The quantitative estimate of drug-likeness (QED) is 0.274. The van der Waals surface area contributed by atoms with Crippen LogP contribution in [-0.2, 0) is 20.9 Å². The topological polar surface area (TPSA) is 81.2 Å². The zero-order valence-electron chi connectivity index (χ0n) is 27.9. The molecule has 3 amide bonds. The van der Waals surface area contributed by atoms with Crippen molar-refractivity contribution >= 4 is 35.2 Å². The summed E-state index contributed by atoms with van der Waals surface area (Å²) in [5.41, 5.74) is 3.78. The van der Waals surface area contributed by atoms with Gasteiger partial charge in [-0.1, -0.05) is 74.9 Å². The number of hydrogen-bond donors (Lipinski definition) is 1. The van der Waals surface area contributed by atoms with Crippen LogP contribution in [0.1, 0.15) is 56.7 Å². The Morgan fingerprint density at radius 3 is 2.41 bits per heavy atom. The molecule has 5 rings (SSSR count). The third kappa shape index (κ3) is 5.62. The number of likely N-dealkylation sites (tertiary alicyclic amines) is 1. The van der Waals surface area contributed by atoms with Crippen LogP contribution in [0.2, 0.25) is 0 Å². The van der Waals surface area contributed by atoms with Gasteiger partial charge in [0.05, 0.1) is 29.2 Å². The van der Waals surface area contributed by atoms with Crippen molar-refractivity contribution < 1.29 is 19.5 Å². The molecule has 2 aromatic rings. The maximum atomic E-state index is 15.2. The molecule has 1 spiro atoms. The van der Waals surface area contributed by atoms with Gasteiger partial charge in [-0.25, -0.2) is 0 Å². The van der Waals surface area contributed by atoms with Gasteiger partial charge < -0.3 is 19.8 Å². The Labute approximate surface area is 278 Å². The lowest BCUT2D eigenvalue weighted by atomic mass is 9.66. The number of nitrogens with zero attached hydrogens (tertiary/aromatic N) is 3. The van der Waals surface area contributed by atoms with Crippen molar-refractivity contribution in [2.75, 3.05) is 24.6 Å². The minimum absolute atomic E-state index is 0.0460. The van der Waals surface area contributed by atoms with Gasteiger partial charge in [-0.05, 0) is 62.3 Å². The van der Waals surface area contributed by atoms with Gasteiger partial charge in [0.2, 0.25) is 11.8 Å². The fourth-order valence-electron chi connectivity index (χ4n) is 8.17. The second-order valence-electron chi connectivity index (χ2n) is 13.6. The van der Waals surface area contributed by atoms with Crippen LogP contribution in [0.25, 0.3) is 0 Å². The van der Waals surface area contributed by atoms with E-state index in [-0.39, 0.29) is 36.8 Å². The average Bonchev–Trinajstić information content (AvgIpc) is 3.61. The summed E-state index contributed by atoms with van der Waals surface area (Å²) in [7, 11) is 0. The van der Waals surface area contributed by atoms with Crippen molar-refractivity contribution in [3.63, 3.8) is 0 Å². The lowest BCUT2D eigenvalue weighted by Crippen LogP contribution is -2.59. The molecule has 3 aliphatic heterocycles. The van der Waals surface area contributed by atoms with Crippen LogP contribution in [0.15, 0.2) is 73.8 Å². The van der Waals surface area contributed by atoms with Crippen molar-refractivity contribution in [2.24, 2.45) is 17.8 Å². The summed E-state index contributed by atoms with van der Waals surface area (Å²) in [6.45, 7) is 18.8. The van der Waals surface area contributed by atoms with Crippen molar-refractivity contribution in [1.29, 1.82) is 0 Å². The van der Waals surface area contributed by atoms with E-state index in [0.717, 1.165) is 35.2 Å². The van der Waals surface area contributed by atoms with Gasteiger partial charge in [0.15, 0.2) is 0 Å². The van der Waals surface area contributed by atoms with Gasteiger partial charge in [-0.2, -0.15) is 0 Å². The van der Waals surface area contributed by atoms with Crippen LogP contribution >= 0.6 is 11.8 Å². The molecule has 46 heavy (non-hydrogen) atoms. The Morgan fingerprint density at radius 1 is 1.09 bits per heavy atom. The number of hydrogen-bond acceptors (Lipinski definition) is 5. The monoisotopic (exact) mass is 643 g/mol. The summed E-state index contributed by atoms with van der Waals surface area (Å²) in [6, 6.07) is 14.5. The molecule has 0 aromatic heterocycles. The van der Waals surface area contributed by atoms with Gasteiger partial charge in [-0.15, -0.1) is 24.9 Å². The Morgan fingerprint density at radius 2 is 1.78 bits per heavy atom. The molecule has 246 valence electrons. The number of thioether (sulfide) groups is 1. The number of amides is 3. The van der Waals surface area contributed by atoms with Crippen LogP contribution in [0.5, 0.6) is 0 Å². The first kappa shape index (κ1) is 34.0. The molecule has 2 unspecified atom stereocenters. The normalized spacial score (nSPS) is 27.7. The van der Waals surface area contributed by atoms with E-state index in [1.54, 1.807) is 38.6 Å².